The fraction of sp³-hybridized carbons (Fsp3) is 0.364. The number of hydrogen-bond donors (Lipinski definition) is 1. The molecule has 0 radical (unpaired) electrons. The molecule has 1 heterocycles. The van der Waals surface area contributed by atoms with Crippen LogP contribution >= 0.6 is 0 Å². The zero-order valence-corrected chi connectivity index (χ0v) is 8.31. The fourth-order valence-corrected chi connectivity index (χ4v) is 1.66. The van der Waals surface area contributed by atoms with Crippen molar-refractivity contribution in [3.63, 3.8) is 0 Å². The van der Waals surface area contributed by atoms with Crippen molar-refractivity contribution in [2.24, 2.45) is 5.41 Å². The molecule has 0 saturated carbocycles. The Kier molecular flexibility index (Phi) is 2.31. The SMILES string of the molecule is CC1(C(=O)c2cccc(F)c2F)CNC1. The van der Waals surface area contributed by atoms with Crippen LogP contribution in [0.25, 0.3) is 0 Å². The number of carbonyl (C=O) groups excluding carboxylic acids is 1. The second-order valence-corrected chi connectivity index (χ2v) is 4.09. The first-order chi connectivity index (χ1) is 7.04. The van der Waals surface area contributed by atoms with Crippen LogP contribution in [0.1, 0.15) is 17.3 Å². The van der Waals surface area contributed by atoms with Gasteiger partial charge in [-0.1, -0.05) is 6.07 Å². The first-order valence-electron chi connectivity index (χ1n) is 4.74. The normalized spacial score (nSPS) is 18.3. The summed E-state index contributed by atoms with van der Waals surface area (Å²) < 4.78 is 26.2. The third kappa shape index (κ3) is 1.55. The van der Waals surface area contributed by atoms with Gasteiger partial charge in [0.15, 0.2) is 17.4 Å². The van der Waals surface area contributed by atoms with Crippen molar-refractivity contribution < 1.29 is 13.6 Å². The molecule has 1 aromatic carbocycles. The molecule has 2 rings (SSSR count). The molecule has 0 bridgehead atoms. The Hall–Kier alpha value is -1.29. The largest absolute Gasteiger partial charge is 0.315 e. The van der Waals surface area contributed by atoms with Gasteiger partial charge in [0.1, 0.15) is 0 Å². The Bertz CT molecular complexity index is 413. The van der Waals surface area contributed by atoms with E-state index < -0.39 is 17.0 Å². The molecule has 0 spiro atoms. The van der Waals surface area contributed by atoms with Gasteiger partial charge in [-0.15, -0.1) is 0 Å². The van der Waals surface area contributed by atoms with Crippen LogP contribution in [0.15, 0.2) is 18.2 Å². The molecule has 1 N–H and O–H groups in total. The molecule has 1 saturated heterocycles. The molecule has 0 aromatic heterocycles. The molecular weight excluding hydrogens is 200 g/mol. The van der Waals surface area contributed by atoms with E-state index in [2.05, 4.69) is 5.32 Å². The summed E-state index contributed by atoms with van der Waals surface area (Å²) in [5.41, 5.74) is -0.742. The smallest absolute Gasteiger partial charge is 0.174 e. The van der Waals surface area contributed by atoms with Crippen molar-refractivity contribution in [2.45, 2.75) is 6.92 Å². The molecule has 0 atom stereocenters. The molecule has 2 nitrogen and oxygen atoms in total. The Labute approximate surface area is 86.3 Å². The number of ketones is 1. The topological polar surface area (TPSA) is 29.1 Å². The average Bonchev–Trinajstić information content (AvgIpc) is 2.18. The van der Waals surface area contributed by atoms with Gasteiger partial charge in [-0.3, -0.25) is 4.79 Å². The lowest BCUT2D eigenvalue weighted by atomic mass is 9.77. The van der Waals surface area contributed by atoms with Gasteiger partial charge >= 0.3 is 0 Å². The third-order valence-corrected chi connectivity index (χ3v) is 2.77. The number of halogens is 2. The molecule has 1 fully saturated rings. The van der Waals surface area contributed by atoms with E-state index >= 15 is 0 Å². The monoisotopic (exact) mass is 211 g/mol. The predicted molar refractivity (Wildman–Crippen MR) is 51.7 cm³/mol. The molecule has 1 aromatic rings. The third-order valence-electron chi connectivity index (χ3n) is 2.77. The zero-order chi connectivity index (χ0) is 11.1. The van der Waals surface area contributed by atoms with E-state index in [9.17, 15) is 13.6 Å². The first-order valence-corrected chi connectivity index (χ1v) is 4.74. The summed E-state index contributed by atoms with van der Waals surface area (Å²) in [6.45, 7) is 2.78. The maximum Gasteiger partial charge on any atom is 0.174 e. The van der Waals surface area contributed by atoms with Crippen LogP contribution in [-0.4, -0.2) is 18.9 Å². The number of rotatable bonds is 2. The van der Waals surface area contributed by atoms with E-state index in [0.29, 0.717) is 13.1 Å². The minimum absolute atomic E-state index is 0.154. The molecule has 0 amide bonds. The summed E-state index contributed by atoms with van der Waals surface area (Å²) in [7, 11) is 0. The molecule has 0 unspecified atom stereocenters. The molecule has 1 aliphatic rings. The van der Waals surface area contributed by atoms with E-state index in [1.165, 1.54) is 12.1 Å². The molecule has 80 valence electrons. The van der Waals surface area contributed by atoms with Gasteiger partial charge in [0, 0.05) is 13.1 Å². The Morgan fingerprint density at radius 1 is 1.40 bits per heavy atom. The highest BCUT2D eigenvalue weighted by Gasteiger charge is 2.40. The lowest BCUT2D eigenvalue weighted by Crippen LogP contribution is -2.56. The van der Waals surface area contributed by atoms with E-state index in [1.54, 1.807) is 6.92 Å². The van der Waals surface area contributed by atoms with Crippen molar-refractivity contribution in [2.75, 3.05) is 13.1 Å². The van der Waals surface area contributed by atoms with Crippen molar-refractivity contribution >= 4 is 5.78 Å². The summed E-state index contributed by atoms with van der Waals surface area (Å²) in [6.07, 6.45) is 0. The molecular formula is C11H11F2NO. The maximum atomic E-state index is 13.3. The summed E-state index contributed by atoms with van der Waals surface area (Å²) in [6, 6.07) is 3.68. The standard InChI is InChI=1S/C11H11F2NO/c1-11(5-14-6-11)10(15)7-3-2-4-8(12)9(7)13/h2-4,14H,5-6H2,1H3. The molecule has 1 aliphatic heterocycles. The lowest BCUT2D eigenvalue weighted by Gasteiger charge is -2.37. The quantitative estimate of drug-likeness (QED) is 0.755. The predicted octanol–water partition coefficient (Wildman–Crippen LogP) is 1.76. The molecule has 4 heteroatoms. The Balaban J connectivity index is 2.37. The highest BCUT2D eigenvalue weighted by Crippen LogP contribution is 2.28. The fourth-order valence-electron chi connectivity index (χ4n) is 1.66. The van der Waals surface area contributed by atoms with Crippen LogP contribution in [-0.2, 0) is 0 Å². The van der Waals surface area contributed by atoms with Gasteiger partial charge in [-0.2, -0.15) is 0 Å². The van der Waals surface area contributed by atoms with Gasteiger partial charge in [0.25, 0.3) is 0 Å². The second-order valence-electron chi connectivity index (χ2n) is 4.09. The van der Waals surface area contributed by atoms with Crippen LogP contribution in [0.4, 0.5) is 8.78 Å². The summed E-state index contributed by atoms with van der Waals surface area (Å²) in [5.74, 6) is -2.36. The van der Waals surface area contributed by atoms with E-state index in [-0.39, 0.29) is 11.3 Å². The van der Waals surface area contributed by atoms with Gasteiger partial charge in [-0.25, -0.2) is 8.78 Å². The van der Waals surface area contributed by atoms with Gasteiger partial charge < -0.3 is 5.32 Å². The number of carbonyl (C=O) groups is 1. The first kappa shape index (κ1) is 10.2. The number of benzene rings is 1. The van der Waals surface area contributed by atoms with Crippen LogP contribution in [0.3, 0.4) is 0 Å². The second kappa shape index (κ2) is 3.38. The highest BCUT2D eigenvalue weighted by atomic mass is 19.2. The number of hydrogen-bond acceptors (Lipinski definition) is 2. The van der Waals surface area contributed by atoms with Gasteiger partial charge in [-0.05, 0) is 19.1 Å². The van der Waals surface area contributed by atoms with Crippen LogP contribution in [0.2, 0.25) is 0 Å². The average molecular weight is 211 g/mol. The van der Waals surface area contributed by atoms with Crippen molar-refractivity contribution in [3.8, 4) is 0 Å². The molecule has 15 heavy (non-hydrogen) atoms. The van der Waals surface area contributed by atoms with Crippen LogP contribution in [0, 0.1) is 17.0 Å². The molecule has 0 aliphatic carbocycles. The summed E-state index contributed by atoms with van der Waals surface area (Å²) >= 11 is 0. The van der Waals surface area contributed by atoms with Gasteiger partial charge in [0.05, 0.1) is 11.0 Å². The summed E-state index contributed by atoms with van der Waals surface area (Å²) in [4.78, 5) is 11.9. The zero-order valence-electron chi connectivity index (χ0n) is 8.31. The van der Waals surface area contributed by atoms with E-state index in [4.69, 9.17) is 0 Å². The van der Waals surface area contributed by atoms with Crippen molar-refractivity contribution in [3.05, 3.63) is 35.4 Å². The summed E-state index contributed by atoms with van der Waals surface area (Å²) in [5, 5.41) is 2.95. The van der Waals surface area contributed by atoms with Crippen LogP contribution < -0.4 is 5.32 Å². The lowest BCUT2D eigenvalue weighted by molar-refractivity contribution is 0.0716. The Morgan fingerprint density at radius 3 is 2.60 bits per heavy atom. The van der Waals surface area contributed by atoms with Crippen LogP contribution in [0.5, 0.6) is 0 Å². The Morgan fingerprint density at radius 2 is 2.07 bits per heavy atom. The minimum Gasteiger partial charge on any atom is -0.315 e. The number of Topliss-reactive ketones (excluding diaryl/α,β-unsaturated/α-hetero) is 1. The van der Waals surface area contributed by atoms with E-state index in [0.717, 1.165) is 6.07 Å². The highest BCUT2D eigenvalue weighted by molar-refractivity contribution is 6.01. The minimum atomic E-state index is -1.05. The van der Waals surface area contributed by atoms with Crippen molar-refractivity contribution in [1.29, 1.82) is 0 Å². The van der Waals surface area contributed by atoms with Gasteiger partial charge in [0.2, 0.25) is 0 Å². The van der Waals surface area contributed by atoms with Crippen molar-refractivity contribution in [1.82, 2.24) is 5.32 Å². The maximum absolute atomic E-state index is 13.3. The number of nitrogens with one attached hydrogen (secondary N) is 1. The van der Waals surface area contributed by atoms with E-state index in [1.807, 2.05) is 0 Å².